The highest BCUT2D eigenvalue weighted by Gasteiger charge is 2.16. The van der Waals surface area contributed by atoms with Crippen molar-refractivity contribution in [2.75, 3.05) is 24.3 Å². The van der Waals surface area contributed by atoms with Crippen LogP contribution in [0, 0.1) is 0 Å². The molecule has 0 aliphatic carbocycles. The van der Waals surface area contributed by atoms with Crippen LogP contribution in [0.15, 0.2) is 59.8 Å². The van der Waals surface area contributed by atoms with Gasteiger partial charge in [0, 0.05) is 36.0 Å². The maximum Gasteiger partial charge on any atom is 0.234 e. The minimum Gasteiger partial charge on any atom is -0.382 e. The molecule has 8 heteroatoms. The van der Waals surface area contributed by atoms with Gasteiger partial charge in [0.25, 0.3) is 0 Å². The average molecular weight is 431 g/mol. The third-order valence-electron chi connectivity index (χ3n) is 4.06. The molecule has 0 bridgehead atoms. The van der Waals surface area contributed by atoms with E-state index in [1.165, 1.54) is 11.8 Å². The van der Waals surface area contributed by atoms with Crippen LogP contribution in [-0.4, -0.2) is 39.6 Å². The third kappa shape index (κ3) is 6.32. The number of aromatic nitrogens is 3. The maximum absolute atomic E-state index is 12.3. The Morgan fingerprint density at radius 1 is 1.17 bits per heavy atom. The molecule has 0 aliphatic rings. The molecule has 1 amide bonds. The topological polar surface area (TPSA) is 69.0 Å². The number of hydrogen-bond acceptors (Lipinski definition) is 5. The molecule has 0 radical (unpaired) electrons. The molecular weight excluding hydrogens is 408 g/mol. The zero-order valence-electron chi connectivity index (χ0n) is 16.2. The SMILES string of the molecule is CCOCCCn1c(SCC(=O)Nc2ccccc2)nnc1-c1cccc(Cl)c1. The van der Waals surface area contributed by atoms with E-state index in [2.05, 4.69) is 15.5 Å². The molecule has 0 spiro atoms. The lowest BCUT2D eigenvalue weighted by Crippen LogP contribution is -2.14. The first-order valence-electron chi connectivity index (χ1n) is 9.42. The van der Waals surface area contributed by atoms with Crippen LogP contribution in [0.25, 0.3) is 11.4 Å². The predicted octanol–water partition coefficient (Wildman–Crippen LogP) is 4.76. The van der Waals surface area contributed by atoms with Gasteiger partial charge in [-0.15, -0.1) is 10.2 Å². The molecule has 1 N–H and O–H groups in total. The van der Waals surface area contributed by atoms with Gasteiger partial charge in [-0.2, -0.15) is 0 Å². The van der Waals surface area contributed by atoms with Gasteiger partial charge >= 0.3 is 0 Å². The van der Waals surface area contributed by atoms with Crippen molar-refractivity contribution in [3.63, 3.8) is 0 Å². The Balaban J connectivity index is 1.72. The van der Waals surface area contributed by atoms with Crippen molar-refractivity contribution >= 4 is 35.0 Å². The summed E-state index contributed by atoms with van der Waals surface area (Å²) in [6.45, 7) is 4.01. The molecule has 1 aromatic heterocycles. The van der Waals surface area contributed by atoms with E-state index >= 15 is 0 Å². The number of thioether (sulfide) groups is 1. The van der Waals surface area contributed by atoms with Crippen LogP contribution in [0.5, 0.6) is 0 Å². The van der Waals surface area contributed by atoms with E-state index in [0.29, 0.717) is 29.9 Å². The summed E-state index contributed by atoms with van der Waals surface area (Å²) < 4.78 is 7.47. The van der Waals surface area contributed by atoms with E-state index in [0.717, 1.165) is 23.5 Å². The fourth-order valence-corrected chi connectivity index (χ4v) is 3.71. The molecule has 2 aromatic carbocycles. The summed E-state index contributed by atoms with van der Waals surface area (Å²) in [7, 11) is 0. The van der Waals surface area contributed by atoms with Gasteiger partial charge in [0.1, 0.15) is 0 Å². The quantitative estimate of drug-likeness (QED) is 0.371. The predicted molar refractivity (Wildman–Crippen MR) is 117 cm³/mol. The maximum atomic E-state index is 12.3. The number of halogens is 1. The van der Waals surface area contributed by atoms with E-state index in [9.17, 15) is 4.79 Å². The van der Waals surface area contributed by atoms with Gasteiger partial charge < -0.3 is 14.6 Å². The smallest absolute Gasteiger partial charge is 0.234 e. The van der Waals surface area contributed by atoms with Crippen molar-refractivity contribution in [2.45, 2.75) is 25.0 Å². The Kier molecular flexibility index (Phi) is 8.10. The number of amides is 1. The average Bonchev–Trinajstić information content (AvgIpc) is 3.13. The molecule has 3 aromatic rings. The summed E-state index contributed by atoms with van der Waals surface area (Å²) in [4.78, 5) is 12.3. The number of nitrogens with one attached hydrogen (secondary N) is 1. The van der Waals surface area contributed by atoms with Gasteiger partial charge in [0.15, 0.2) is 11.0 Å². The standard InChI is InChI=1S/C21H23ClN4O2S/c1-2-28-13-7-12-26-20(16-8-6-9-17(22)14-16)24-25-21(26)29-15-19(27)23-18-10-4-3-5-11-18/h3-6,8-11,14H,2,7,12-13,15H2,1H3,(H,23,27). The van der Waals surface area contributed by atoms with Gasteiger partial charge in [-0.05, 0) is 37.6 Å². The number of rotatable bonds is 10. The van der Waals surface area contributed by atoms with Crippen LogP contribution in [0.1, 0.15) is 13.3 Å². The van der Waals surface area contributed by atoms with E-state index < -0.39 is 0 Å². The van der Waals surface area contributed by atoms with Crippen molar-refractivity contribution in [1.82, 2.24) is 14.8 Å². The lowest BCUT2D eigenvalue weighted by atomic mass is 10.2. The van der Waals surface area contributed by atoms with Gasteiger partial charge in [0.2, 0.25) is 5.91 Å². The molecule has 0 saturated carbocycles. The molecule has 1 heterocycles. The highest BCUT2D eigenvalue weighted by atomic mass is 35.5. The molecule has 6 nitrogen and oxygen atoms in total. The Bertz CT molecular complexity index is 933. The molecular formula is C21H23ClN4O2S. The van der Waals surface area contributed by atoms with Crippen LogP contribution in [-0.2, 0) is 16.1 Å². The Morgan fingerprint density at radius 2 is 2.00 bits per heavy atom. The number of para-hydroxylation sites is 1. The second kappa shape index (κ2) is 11.0. The first kappa shape index (κ1) is 21.4. The number of carbonyl (C=O) groups excluding carboxylic acids is 1. The van der Waals surface area contributed by atoms with Crippen LogP contribution in [0.3, 0.4) is 0 Å². The van der Waals surface area contributed by atoms with Crippen molar-refractivity contribution in [1.29, 1.82) is 0 Å². The minimum absolute atomic E-state index is 0.0885. The summed E-state index contributed by atoms with van der Waals surface area (Å²) in [5.41, 5.74) is 1.66. The Morgan fingerprint density at radius 3 is 2.76 bits per heavy atom. The molecule has 0 aliphatic heterocycles. The molecule has 3 rings (SSSR count). The van der Waals surface area contributed by atoms with Gasteiger partial charge in [-0.25, -0.2) is 0 Å². The second-order valence-electron chi connectivity index (χ2n) is 6.22. The van der Waals surface area contributed by atoms with Crippen LogP contribution >= 0.6 is 23.4 Å². The number of ether oxygens (including phenoxy) is 1. The molecule has 0 unspecified atom stereocenters. The Hall–Kier alpha value is -2.35. The molecule has 0 saturated heterocycles. The summed E-state index contributed by atoms with van der Waals surface area (Å²) in [5, 5.41) is 12.9. The summed E-state index contributed by atoms with van der Waals surface area (Å²) in [6.07, 6.45) is 0.823. The minimum atomic E-state index is -0.0885. The fourth-order valence-electron chi connectivity index (χ4n) is 2.76. The normalized spacial score (nSPS) is 10.8. The monoisotopic (exact) mass is 430 g/mol. The number of anilines is 1. The van der Waals surface area contributed by atoms with Crippen molar-refractivity contribution in [3.05, 3.63) is 59.6 Å². The van der Waals surface area contributed by atoms with Crippen molar-refractivity contribution in [2.24, 2.45) is 0 Å². The van der Waals surface area contributed by atoms with Crippen molar-refractivity contribution < 1.29 is 9.53 Å². The number of carbonyl (C=O) groups is 1. The number of nitrogens with zero attached hydrogens (tertiary/aromatic N) is 3. The molecule has 29 heavy (non-hydrogen) atoms. The fraction of sp³-hybridized carbons (Fsp3) is 0.286. The summed E-state index contributed by atoms with van der Waals surface area (Å²) >= 11 is 7.51. The van der Waals surface area contributed by atoms with Crippen LogP contribution in [0.4, 0.5) is 5.69 Å². The first-order valence-corrected chi connectivity index (χ1v) is 10.8. The first-order chi connectivity index (χ1) is 14.2. The number of hydrogen-bond donors (Lipinski definition) is 1. The largest absolute Gasteiger partial charge is 0.382 e. The van der Waals surface area contributed by atoms with E-state index in [1.54, 1.807) is 0 Å². The van der Waals surface area contributed by atoms with Gasteiger partial charge in [0.05, 0.1) is 5.75 Å². The van der Waals surface area contributed by atoms with Gasteiger partial charge in [-0.3, -0.25) is 4.79 Å². The zero-order valence-corrected chi connectivity index (χ0v) is 17.7. The number of benzene rings is 2. The third-order valence-corrected chi connectivity index (χ3v) is 5.27. The lowest BCUT2D eigenvalue weighted by Gasteiger charge is -2.11. The van der Waals surface area contributed by atoms with E-state index in [4.69, 9.17) is 16.3 Å². The van der Waals surface area contributed by atoms with E-state index in [1.807, 2.05) is 66.1 Å². The zero-order chi connectivity index (χ0) is 20.5. The van der Waals surface area contributed by atoms with Crippen LogP contribution in [0.2, 0.25) is 5.02 Å². The summed E-state index contributed by atoms with van der Waals surface area (Å²) in [6, 6.07) is 16.9. The summed E-state index contributed by atoms with van der Waals surface area (Å²) in [5.74, 6) is 0.887. The highest BCUT2D eigenvalue weighted by molar-refractivity contribution is 7.99. The lowest BCUT2D eigenvalue weighted by molar-refractivity contribution is -0.113. The molecule has 152 valence electrons. The second-order valence-corrected chi connectivity index (χ2v) is 7.60. The van der Waals surface area contributed by atoms with Crippen molar-refractivity contribution in [3.8, 4) is 11.4 Å². The molecule has 0 fully saturated rings. The molecule has 0 atom stereocenters. The Labute approximate surface area is 179 Å². The highest BCUT2D eigenvalue weighted by Crippen LogP contribution is 2.26. The van der Waals surface area contributed by atoms with E-state index in [-0.39, 0.29) is 11.7 Å². The van der Waals surface area contributed by atoms with Gasteiger partial charge in [-0.1, -0.05) is 53.7 Å². The van der Waals surface area contributed by atoms with Crippen LogP contribution < -0.4 is 5.32 Å².